The predicted molar refractivity (Wildman–Crippen MR) is 122 cm³/mol. The fourth-order valence-electron chi connectivity index (χ4n) is 4.05. The first-order valence-electron chi connectivity index (χ1n) is 10.4. The van der Waals surface area contributed by atoms with Gasteiger partial charge in [0.15, 0.2) is 0 Å². The summed E-state index contributed by atoms with van der Waals surface area (Å²) in [5, 5.41) is 2.99. The molecule has 0 radical (unpaired) electrons. The Kier molecular flexibility index (Phi) is 5.76. The van der Waals surface area contributed by atoms with Gasteiger partial charge in [-0.15, -0.1) is 0 Å². The van der Waals surface area contributed by atoms with E-state index in [1.807, 2.05) is 48.2 Å². The molecule has 0 bridgehead atoms. The van der Waals surface area contributed by atoms with Crippen molar-refractivity contribution in [2.75, 3.05) is 12.0 Å². The Morgan fingerprint density at radius 1 is 1.06 bits per heavy atom. The fraction of sp³-hybridized carbons (Fsp3) is 0.231. The van der Waals surface area contributed by atoms with Crippen LogP contribution in [0.5, 0.6) is 5.75 Å². The number of fused-ring (bicyclic) bond motifs is 1. The van der Waals surface area contributed by atoms with Gasteiger partial charge in [0.2, 0.25) is 0 Å². The van der Waals surface area contributed by atoms with Gasteiger partial charge in [0.05, 0.1) is 7.11 Å². The zero-order valence-corrected chi connectivity index (χ0v) is 18.0. The van der Waals surface area contributed by atoms with E-state index in [9.17, 15) is 9.59 Å². The normalized spacial score (nSPS) is 14.8. The highest BCUT2D eigenvalue weighted by molar-refractivity contribution is 6.07. The standard InChI is InChI=1S/C26H26N2O3/c1-17-6-4-5-7-23(17)25(29)27-16-19-8-9-21-14-18(2)28(24(21)15-19)26(30)20-10-12-22(31-3)13-11-20/h4-13,15,18H,14,16H2,1-3H3,(H,27,29). The largest absolute Gasteiger partial charge is 0.497 e. The van der Waals surface area contributed by atoms with Gasteiger partial charge in [0.1, 0.15) is 5.75 Å². The number of amides is 2. The van der Waals surface area contributed by atoms with Gasteiger partial charge < -0.3 is 15.0 Å². The molecule has 1 aliphatic heterocycles. The van der Waals surface area contributed by atoms with Crippen molar-refractivity contribution in [3.63, 3.8) is 0 Å². The number of methoxy groups -OCH3 is 1. The molecule has 3 aromatic carbocycles. The molecule has 1 N–H and O–H groups in total. The number of carbonyl (C=O) groups excluding carboxylic acids is 2. The number of nitrogens with zero attached hydrogens (tertiary/aromatic N) is 1. The first kappa shape index (κ1) is 20.7. The van der Waals surface area contributed by atoms with E-state index in [-0.39, 0.29) is 17.9 Å². The molecule has 1 unspecified atom stereocenters. The summed E-state index contributed by atoms with van der Waals surface area (Å²) in [6, 6.07) is 20.9. The quantitative estimate of drug-likeness (QED) is 0.668. The molecule has 4 rings (SSSR count). The van der Waals surface area contributed by atoms with Gasteiger partial charge >= 0.3 is 0 Å². The molecule has 5 nitrogen and oxygen atoms in total. The number of benzene rings is 3. The van der Waals surface area contributed by atoms with Crippen molar-refractivity contribution in [1.29, 1.82) is 0 Å². The van der Waals surface area contributed by atoms with Crippen LogP contribution < -0.4 is 15.0 Å². The molecule has 3 aromatic rings. The molecule has 0 saturated carbocycles. The van der Waals surface area contributed by atoms with Crippen molar-refractivity contribution < 1.29 is 14.3 Å². The summed E-state index contributed by atoms with van der Waals surface area (Å²) in [7, 11) is 1.61. The molecule has 1 aliphatic rings. The highest BCUT2D eigenvalue weighted by atomic mass is 16.5. The number of hydrogen-bond acceptors (Lipinski definition) is 3. The van der Waals surface area contributed by atoms with Gasteiger partial charge in [0.25, 0.3) is 11.8 Å². The average molecular weight is 415 g/mol. The maximum Gasteiger partial charge on any atom is 0.258 e. The van der Waals surface area contributed by atoms with Gasteiger partial charge in [-0.2, -0.15) is 0 Å². The monoisotopic (exact) mass is 414 g/mol. The van der Waals surface area contributed by atoms with Gasteiger partial charge in [-0.25, -0.2) is 0 Å². The lowest BCUT2D eigenvalue weighted by atomic mass is 10.1. The van der Waals surface area contributed by atoms with Gasteiger partial charge in [-0.1, -0.05) is 30.3 Å². The minimum absolute atomic E-state index is 0.0324. The topological polar surface area (TPSA) is 58.6 Å². The van der Waals surface area contributed by atoms with Crippen LogP contribution in [-0.2, 0) is 13.0 Å². The number of aryl methyl sites for hydroxylation is 1. The molecule has 0 spiro atoms. The van der Waals surface area contributed by atoms with Crippen LogP contribution in [0.4, 0.5) is 5.69 Å². The molecular weight excluding hydrogens is 388 g/mol. The Bertz CT molecular complexity index is 1120. The third-order valence-corrected chi connectivity index (χ3v) is 5.76. The summed E-state index contributed by atoms with van der Waals surface area (Å²) in [5.41, 5.74) is 5.26. The van der Waals surface area contributed by atoms with E-state index in [0.717, 1.165) is 34.5 Å². The molecule has 0 aliphatic carbocycles. The second-order valence-corrected chi connectivity index (χ2v) is 7.92. The summed E-state index contributed by atoms with van der Waals surface area (Å²) >= 11 is 0. The number of nitrogens with one attached hydrogen (secondary N) is 1. The van der Waals surface area contributed by atoms with Crippen LogP contribution in [0.15, 0.2) is 66.7 Å². The fourth-order valence-corrected chi connectivity index (χ4v) is 4.05. The maximum atomic E-state index is 13.2. The minimum Gasteiger partial charge on any atom is -0.497 e. The van der Waals surface area contributed by atoms with E-state index in [4.69, 9.17) is 4.74 Å². The van der Waals surface area contributed by atoms with E-state index in [1.165, 1.54) is 0 Å². The zero-order valence-electron chi connectivity index (χ0n) is 18.0. The van der Waals surface area contributed by atoms with Crippen molar-refractivity contribution in [1.82, 2.24) is 5.32 Å². The zero-order chi connectivity index (χ0) is 22.0. The Morgan fingerprint density at radius 3 is 2.52 bits per heavy atom. The molecule has 5 heteroatoms. The second kappa shape index (κ2) is 8.64. The van der Waals surface area contributed by atoms with Crippen LogP contribution in [0.2, 0.25) is 0 Å². The van der Waals surface area contributed by atoms with Crippen molar-refractivity contribution in [2.24, 2.45) is 0 Å². The van der Waals surface area contributed by atoms with E-state index in [0.29, 0.717) is 17.7 Å². The van der Waals surface area contributed by atoms with Crippen LogP contribution in [0.1, 0.15) is 44.3 Å². The Balaban J connectivity index is 1.53. The van der Waals surface area contributed by atoms with Crippen molar-refractivity contribution in [3.8, 4) is 5.75 Å². The van der Waals surface area contributed by atoms with E-state index >= 15 is 0 Å². The van der Waals surface area contributed by atoms with Crippen LogP contribution in [0, 0.1) is 6.92 Å². The summed E-state index contributed by atoms with van der Waals surface area (Å²) < 4.78 is 5.19. The van der Waals surface area contributed by atoms with Crippen LogP contribution in [0.3, 0.4) is 0 Å². The second-order valence-electron chi connectivity index (χ2n) is 7.92. The van der Waals surface area contributed by atoms with Crippen LogP contribution >= 0.6 is 0 Å². The molecule has 0 aromatic heterocycles. The number of anilines is 1. The van der Waals surface area contributed by atoms with Gasteiger partial charge in [-0.05, 0) is 73.4 Å². The van der Waals surface area contributed by atoms with Crippen molar-refractivity contribution in [2.45, 2.75) is 32.9 Å². The average Bonchev–Trinajstić information content (AvgIpc) is 3.12. The summed E-state index contributed by atoms with van der Waals surface area (Å²) in [4.78, 5) is 27.6. The van der Waals surface area contributed by atoms with Gasteiger partial charge in [-0.3, -0.25) is 9.59 Å². The van der Waals surface area contributed by atoms with E-state index in [2.05, 4.69) is 18.3 Å². The van der Waals surface area contributed by atoms with Crippen molar-refractivity contribution in [3.05, 3.63) is 94.5 Å². The molecule has 0 fully saturated rings. The first-order valence-corrected chi connectivity index (χ1v) is 10.4. The molecule has 31 heavy (non-hydrogen) atoms. The van der Waals surface area contributed by atoms with Gasteiger partial charge in [0, 0.05) is 29.4 Å². The number of rotatable bonds is 5. The molecule has 2 amide bonds. The van der Waals surface area contributed by atoms with Crippen molar-refractivity contribution >= 4 is 17.5 Å². The minimum atomic E-state index is -0.0990. The van der Waals surface area contributed by atoms with Crippen LogP contribution in [-0.4, -0.2) is 25.0 Å². The summed E-state index contributed by atoms with van der Waals surface area (Å²) in [6.07, 6.45) is 0.813. The third kappa shape index (κ3) is 4.17. The smallest absolute Gasteiger partial charge is 0.258 e. The number of hydrogen-bond donors (Lipinski definition) is 1. The molecule has 0 saturated heterocycles. The molecule has 1 atom stereocenters. The maximum absolute atomic E-state index is 13.2. The Labute approximate surface area is 182 Å². The lowest BCUT2D eigenvalue weighted by Crippen LogP contribution is -2.35. The summed E-state index contributed by atoms with van der Waals surface area (Å²) in [6.45, 7) is 4.38. The number of carbonyl (C=O) groups is 2. The SMILES string of the molecule is COc1ccc(C(=O)N2c3cc(CNC(=O)c4ccccc4C)ccc3CC2C)cc1. The molecule has 1 heterocycles. The highest BCUT2D eigenvalue weighted by Crippen LogP contribution is 2.34. The first-order chi connectivity index (χ1) is 15.0. The Morgan fingerprint density at radius 2 is 1.81 bits per heavy atom. The third-order valence-electron chi connectivity index (χ3n) is 5.76. The lowest BCUT2D eigenvalue weighted by Gasteiger charge is -2.23. The van der Waals surface area contributed by atoms with E-state index < -0.39 is 0 Å². The molecule has 158 valence electrons. The molecular formula is C26H26N2O3. The predicted octanol–water partition coefficient (Wildman–Crippen LogP) is 4.53. The van der Waals surface area contributed by atoms with Crippen LogP contribution in [0.25, 0.3) is 0 Å². The number of ether oxygens (including phenoxy) is 1. The highest BCUT2D eigenvalue weighted by Gasteiger charge is 2.31. The van der Waals surface area contributed by atoms with E-state index in [1.54, 1.807) is 31.4 Å². The Hall–Kier alpha value is -3.60. The summed E-state index contributed by atoms with van der Waals surface area (Å²) in [5.74, 6) is 0.589. The lowest BCUT2D eigenvalue weighted by molar-refractivity contribution is 0.0948.